The average Bonchev–Trinajstić information content (AvgIpc) is 2.48. The Labute approximate surface area is 83.2 Å². The van der Waals surface area contributed by atoms with Gasteiger partial charge in [0, 0.05) is 4.83 Å². The molecule has 0 N–H and O–H groups in total. The first-order valence-corrected chi connectivity index (χ1v) is 6.14. The van der Waals surface area contributed by atoms with E-state index in [2.05, 4.69) is 29.8 Å². The summed E-state index contributed by atoms with van der Waals surface area (Å²) in [6.07, 6.45) is 6.03. The van der Waals surface area contributed by atoms with E-state index in [0.717, 1.165) is 22.1 Å². The standard InChI is InChI=1S/C11H17Br/c1-10(2)7-3-4-8(5-7)11(10)6-9(11)12/h7-9H,3-6H2,1-2H3. The number of rotatable bonds is 0. The fourth-order valence-corrected chi connectivity index (χ4v) is 5.84. The third kappa shape index (κ3) is 0.604. The molecule has 0 aromatic heterocycles. The van der Waals surface area contributed by atoms with Gasteiger partial charge in [-0.1, -0.05) is 29.8 Å². The molecule has 4 unspecified atom stereocenters. The van der Waals surface area contributed by atoms with E-state index in [4.69, 9.17) is 0 Å². The predicted molar refractivity (Wildman–Crippen MR) is 54.4 cm³/mol. The Balaban J connectivity index is 2.04. The van der Waals surface area contributed by atoms with Crippen molar-refractivity contribution < 1.29 is 0 Å². The van der Waals surface area contributed by atoms with Gasteiger partial charge in [-0.05, 0) is 48.3 Å². The minimum Gasteiger partial charge on any atom is -0.0884 e. The van der Waals surface area contributed by atoms with E-state index in [-0.39, 0.29) is 0 Å². The van der Waals surface area contributed by atoms with Crippen LogP contribution < -0.4 is 0 Å². The second-order valence-corrected chi connectivity index (χ2v) is 6.75. The fourth-order valence-electron chi connectivity index (χ4n) is 4.34. The van der Waals surface area contributed by atoms with Crippen molar-refractivity contribution in [2.45, 2.75) is 44.4 Å². The molecule has 0 amide bonds. The summed E-state index contributed by atoms with van der Waals surface area (Å²) in [6, 6.07) is 0. The zero-order valence-corrected chi connectivity index (χ0v) is 9.52. The monoisotopic (exact) mass is 228 g/mol. The van der Waals surface area contributed by atoms with E-state index in [1.807, 2.05) is 0 Å². The minimum atomic E-state index is 0.643. The molecule has 4 atom stereocenters. The van der Waals surface area contributed by atoms with Crippen LogP contribution in [-0.4, -0.2) is 4.83 Å². The SMILES string of the molecule is CC1(C)C2CCC(C2)C12CC2Br. The molecule has 3 fully saturated rings. The van der Waals surface area contributed by atoms with Crippen molar-refractivity contribution in [1.29, 1.82) is 0 Å². The maximum Gasteiger partial charge on any atom is 0.0216 e. The third-order valence-corrected chi connectivity index (χ3v) is 6.44. The molecule has 3 saturated carbocycles. The highest BCUT2D eigenvalue weighted by Crippen LogP contribution is 2.78. The summed E-state index contributed by atoms with van der Waals surface area (Å²) >= 11 is 3.84. The molecule has 3 aliphatic rings. The zero-order chi connectivity index (χ0) is 8.56. The predicted octanol–water partition coefficient (Wildman–Crippen LogP) is 3.60. The van der Waals surface area contributed by atoms with Gasteiger partial charge in [0.25, 0.3) is 0 Å². The first-order valence-electron chi connectivity index (χ1n) is 5.23. The van der Waals surface area contributed by atoms with E-state index in [0.29, 0.717) is 5.41 Å². The Morgan fingerprint density at radius 1 is 1.17 bits per heavy atom. The van der Waals surface area contributed by atoms with Crippen molar-refractivity contribution in [3.63, 3.8) is 0 Å². The lowest BCUT2D eigenvalue weighted by molar-refractivity contribution is 0.102. The van der Waals surface area contributed by atoms with Crippen LogP contribution in [0.1, 0.15) is 39.5 Å². The van der Waals surface area contributed by atoms with E-state index < -0.39 is 0 Å². The van der Waals surface area contributed by atoms with Crippen molar-refractivity contribution in [3.05, 3.63) is 0 Å². The molecule has 1 spiro atoms. The van der Waals surface area contributed by atoms with E-state index in [1.165, 1.54) is 25.7 Å². The molecule has 0 heterocycles. The van der Waals surface area contributed by atoms with E-state index >= 15 is 0 Å². The average molecular weight is 229 g/mol. The Bertz CT molecular complexity index is 233. The maximum absolute atomic E-state index is 3.84. The first-order chi connectivity index (χ1) is 5.59. The second-order valence-electron chi connectivity index (χ2n) is 5.64. The summed E-state index contributed by atoms with van der Waals surface area (Å²) in [5, 5.41) is 0. The summed E-state index contributed by atoms with van der Waals surface area (Å²) < 4.78 is 0. The summed E-state index contributed by atoms with van der Waals surface area (Å²) in [5.41, 5.74) is 1.38. The van der Waals surface area contributed by atoms with Crippen LogP contribution >= 0.6 is 15.9 Å². The van der Waals surface area contributed by atoms with Gasteiger partial charge in [0.05, 0.1) is 0 Å². The molecule has 2 bridgehead atoms. The summed E-state index contributed by atoms with van der Waals surface area (Å²) in [6.45, 7) is 5.02. The Morgan fingerprint density at radius 2 is 1.75 bits per heavy atom. The smallest absolute Gasteiger partial charge is 0.0216 e. The molecule has 3 rings (SSSR count). The molecule has 1 heteroatoms. The van der Waals surface area contributed by atoms with Crippen LogP contribution in [0.3, 0.4) is 0 Å². The summed E-state index contributed by atoms with van der Waals surface area (Å²) in [4.78, 5) is 0.857. The molecule has 0 aromatic rings. The molecule has 68 valence electrons. The fraction of sp³-hybridized carbons (Fsp3) is 1.00. The molecule has 12 heavy (non-hydrogen) atoms. The highest BCUT2D eigenvalue weighted by molar-refractivity contribution is 9.09. The zero-order valence-electron chi connectivity index (χ0n) is 7.94. The number of hydrogen-bond acceptors (Lipinski definition) is 0. The van der Waals surface area contributed by atoms with Crippen LogP contribution in [0.2, 0.25) is 0 Å². The lowest BCUT2D eigenvalue weighted by atomic mass is 9.66. The molecule has 0 aliphatic heterocycles. The second kappa shape index (κ2) is 1.94. The van der Waals surface area contributed by atoms with E-state index in [1.54, 1.807) is 0 Å². The Morgan fingerprint density at radius 3 is 2.08 bits per heavy atom. The van der Waals surface area contributed by atoms with Crippen LogP contribution in [0.25, 0.3) is 0 Å². The highest BCUT2D eigenvalue weighted by atomic mass is 79.9. The number of halogens is 1. The number of fused-ring (bicyclic) bond motifs is 3. The minimum absolute atomic E-state index is 0.643. The Hall–Kier alpha value is 0.480. The topological polar surface area (TPSA) is 0 Å². The molecule has 0 radical (unpaired) electrons. The van der Waals surface area contributed by atoms with Gasteiger partial charge in [0.15, 0.2) is 0 Å². The Kier molecular flexibility index (Phi) is 1.27. The number of alkyl halides is 1. The van der Waals surface area contributed by atoms with Crippen LogP contribution in [-0.2, 0) is 0 Å². The van der Waals surface area contributed by atoms with E-state index in [9.17, 15) is 0 Å². The third-order valence-electron chi connectivity index (χ3n) is 5.30. The normalized spacial score (nSPS) is 59.8. The van der Waals surface area contributed by atoms with Crippen LogP contribution in [0.4, 0.5) is 0 Å². The van der Waals surface area contributed by atoms with Gasteiger partial charge in [-0.2, -0.15) is 0 Å². The first kappa shape index (κ1) is 7.84. The van der Waals surface area contributed by atoms with Crippen LogP contribution in [0.5, 0.6) is 0 Å². The van der Waals surface area contributed by atoms with Crippen molar-refractivity contribution in [2.24, 2.45) is 22.7 Å². The van der Waals surface area contributed by atoms with Gasteiger partial charge in [-0.3, -0.25) is 0 Å². The van der Waals surface area contributed by atoms with Crippen LogP contribution in [0, 0.1) is 22.7 Å². The van der Waals surface area contributed by atoms with Gasteiger partial charge in [-0.25, -0.2) is 0 Å². The molecule has 0 saturated heterocycles. The molecular formula is C11H17Br. The molecule has 0 aromatic carbocycles. The largest absolute Gasteiger partial charge is 0.0884 e. The highest BCUT2D eigenvalue weighted by Gasteiger charge is 2.72. The quantitative estimate of drug-likeness (QED) is 0.557. The van der Waals surface area contributed by atoms with Gasteiger partial charge < -0.3 is 0 Å². The van der Waals surface area contributed by atoms with Gasteiger partial charge in [0.1, 0.15) is 0 Å². The molecular weight excluding hydrogens is 212 g/mol. The van der Waals surface area contributed by atoms with Crippen molar-refractivity contribution in [3.8, 4) is 0 Å². The van der Waals surface area contributed by atoms with Gasteiger partial charge >= 0.3 is 0 Å². The summed E-state index contributed by atoms with van der Waals surface area (Å²) in [7, 11) is 0. The lowest BCUT2D eigenvalue weighted by Gasteiger charge is -2.39. The summed E-state index contributed by atoms with van der Waals surface area (Å²) in [5.74, 6) is 2.12. The van der Waals surface area contributed by atoms with Gasteiger partial charge in [-0.15, -0.1) is 0 Å². The van der Waals surface area contributed by atoms with Crippen LogP contribution in [0.15, 0.2) is 0 Å². The molecule has 0 nitrogen and oxygen atoms in total. The van der Waals surface area contributed by atoms with Crippen molar-refractivity contribution in [2.75, 3.05) is 0 Å². The van der Waals surface area contributed by atoms with Crippen molar-refractivity contribution in [1.82, 2.24) is 0 Å². The van der Waals surface area contributed by atoms with Crippen molar-refractivity contribution >= 4 is 15.9 Å². The molecule has 3 aliphatic carbocycles. The maximum atomic E-state index is 3.84. The number of hydrogen-bond donors (Lipinski definition) is 0. The lowest BCUT2D eigenvalue weighted by Crippen LogP contribution is -2.33. The van der Waals surface area contributed by atoms with Gasteiger partial charge in [0.2, 0.25) is 0 Å².